The van der Waals surface area contributed by atoms with Crippen molar-refractivity contribution in [2.45, 2.75) is 20.0 Å². The highest BCUT2D eigenvalue weighted by Gasteiger charge is 2.05. The van der Waals surface area contributed by atoms with E-state index in [4.69, 9.17) is 9.47 Å². The number of rotatable bonds is 9. The van der Waals surface area contributed by atoms with E-state index in [9.17, 15) is 0 Å². The van der Waals surface area contributed by atoms with E-state index in [1.54, 1.807) is 13.3 Å². The maximum absolute atomic E-state index is 5.33. The van der Waals surface area contributed by atoms with Gasteiger partial charge in [-0.1, -0.05) is 12.1 Å². The normalized spacial score (nSPS) is 10.8. The van der Waals surface area contributed by atoms with Gasteiger partial charge in [0.25, 0.3) is 0 Å². The highest BCUT2D eigenvalue weighted by atomic mass is 16.5. The molecule has 0 saturated carbocycles. The molecule has 0 aliphatic carbocycles. The minimum absolute atomic E-state index is 0.611. The first kappa shape index (κ1) is 15.5. The van der Waals surface area contributed by atoms with Gasteiger partial charge in [-0.2, -0.15) is 0 Å². The first-order valence-corrected chi connectivity index (χ1v) is 7.28. The average Bonchev–Trinajstić information content (AvgIpc) is 2.96. The Morgan fingerprint density at radius 2 is 2.24 bits per heavy atom. The van der Waals surface area contributed by atoms with Crippen molar-refractivity contribution in [2.24, 2.45) is 0 Å². The van der Waals surface area contributed by atoms with Crippen LogP contribution in [0.2, 0.25) is 0 Å². The average molecular weight is 289 g/mol. The molecule has 1 aromatic carbocycles. The lowest BCUT2D eigenvalue weighted by Gasteiger charge is -2.11. The molecule has 0 unspecified atom stereocenters. The van der Waals surface area contributed by atoms with E-state index in [0.717, 1.165) is 43.4 Å². The topological polar surface area (TPSA) is 48.3 Å². The van der Waals surface area contributed by atoms with Crippen LogP contribution in [0.15, 0.2) is 36.7 Å². The van der Waals surface area contributed by atoms with E-state index < -0.39 is 0 Å². The molecule has 5 nitrogen and oxygen atoms in total. The van der Waals surface area contributed by atoms with Crippen LogP contribution in [0.1, 0.15) is 18.9 Å². The van der Waals surface area contributed by atoms with Crippen LogP contribution in [0.25, 0.3) is 5.69 Å². The summed E-state index contributed by atoms with van der Waals surface area (Å²) in [5.74, 6) is 0.848. The summed E-state index contributed by atoms with van der Waals surface area (Å²) in [6.45, 7) is 5.00. The first-order chi connectivity index (χ1) is 10.3. The molecule has 0 aliphatic heterocycles. The molecule has 0 atom stereocenters. The van der Waals surface area contributed by atoms with Crippen molar-refractivity contribution in [3.05, 3.63) is 42.2 Å². The monoisotopic (exact) mass is 289 g/mol. The fourth-order valence-corrected chi connectivity index (χ4v) is 2.12. The van der Waals surface area contributed by atoms with Crippen molar-refractivity contribution in [3.63, 3.8) is 0 Å². The maximum Gasteiger partial charge on any atom is 0.207 e. The third kappa shape index (κ3) is 4.58. The molecule has 114 valence electrons. The van der Waals surface area contributed by atoms with Crippen LogP contribution in [0.3, 0.4) is 0 Å². The van der Waals surface area contributed by atoms with Crippen LogP contribution in [0.4, 0.5) is 5.95 Å². The van der Waals surface area contributed by atoms with Crippen molar-refractivity contribution in [1.82, 2.24) is 9.55 Å². The van der Waals surface area contributed by atoms with Gasteiger partial charge in [-0.05, 0) is 31.0 Å². The van der Waals surface area contributed by atoms with E-state index >= 15 is 0 Å². The summed E-state index contributed by atoms with van der Waals surface area (Å²) >= 11 is 0. The Morgan fingerprint density at radius 1 is 1.33 bits per heavy atom. The van der Waals surface area contributed by atoms with Gasteiger partial charge >= 0.3 is 0 Å². The first-order valence-electron chi connectivity index (χ1n) is 7.28. The molecule has 1 aromatic heterocycles. The number of hydrogen-bond acceptors (Lipinski definition) is 4. The Balaban J connectivity index is 2.00. The summed E-state index contributed by atoms with van der Waals surface area (Å²) in [5.41, 5.74) is 2.22. The summed E-state index contributed by atoms with van der Waals surface area (Å²) in [4.78, 5) is 4.37. The van der Waals surface area contributed by atoms with Crippen molar-refractivity contribution in [1.29, 1.82) is 0 Å². The van der Waals surface area contributed by atoms with Crippen molar-refractivity contribution < 1.29 is 9.47 Å². The van der Waals surface area contributed by atoms with Crippen LogP contribution >= 0.6 is 0 Å². The van der Waals surface area contributed by atoms with Crippen LogP contribution in [0, 0.1) is 0 Å². The quantitative estimate of drug-likeness (QED) is 0.721. The fourth-order valence-electron chi connectivity index (χ4n) is 2.12. The SMILES string of the molecule is CCOCCCNc1nccn1-c1cccc(COC)c1. The molecule has 2 aromatic rings. The molecule has 2 rings (SSSR count). The van der Waals surface area contributed by atoms with Crippen molar-refractivity contribution in [3.8, 4) is 5.69 Å². The second-order valence-electron chi connectivity index (χ2n) is 4.70. The third-order valence-corrected chi connectivity index (χ3v) is 3.09. The number of ether oxygens (including phenoxy) is 2. The molecule has 0 fully saturated rings. The van der Waals surface area contributed by atoms with Gasteiger partial charge in [0, 0.05) is 44.9 Å². The predicted molar refractivity (Wildman–Crippen MR) is 83.9 cm³/mol. The second-order valence-corrected chi connectivity index (χ2v) is 4.70. The highest BCUT2D eigenvalue weighted by molar-refractivity contribution is 5.43. The number of aromatic nitrogens is 2. The molecule has 5 heteroatoms. The van der Waals surface area contributed by atoms with Crippen molar-refractivity contribution >= 4 is 5.95 Å². The largest absolute Gasteiger partial charge is 0.382 e. The number of nitrogens with one attached hydrogen (secondary N) is 1. The van der Waals surface area contributed by atoms with Gasteiger partial charge in [0.2, 0.25) is 5.95 Å². The lowest BCUT2D eigenvalue weighted by Crippen LogP contribution is -2.10. The molecule has 21 heavy (non-hydrogen) atoms. The summed E-state index contributed by atoms with van der Waals surface area (Å²) in [6.07, 6.45) is 4.72. The lowest BCUT2D eigenvalue weighted by molar-refractivity contribution is 0.147. The Kier molecular flexibility index (Phi) is 6.24. The Hall–Kier alpha value is -1.85. The van der Waals surface area contributed by atoms with Crippen molar-refractivity contribution in [2.75, 3.05) is 32.2 Å². The molecule has 0 amide bonds. The lowest BCUT2D eigenvalue weighted by atomic mass is 10.2. The van der Waals surface area contributed by atoms with Crippen LogP contribution in [-0.4, -0.2) is 36.4 Å². The number of methoxy groups -OCH3 is 1. The van der Waals surface area contributed by atoms with E-state index in [-0.39, 0.29) is 0 Å². The molecule has 1 heterocycles. The number of anilines is 1. The number of nitrogens with zero attached hydrogens (tertiary/aromatic N) is 2. The number of hydrogen-bond donors (Lipinski definition) is 1. The molecular formula is C16H23N3O2. The minimum Gasteiger partial charge on any atom is -0.382 e. The van der Waals surface area contributed by atoms with Gasteiger partial charge in [-0.25, -0.2) is 4.98 Å². The van der Waals surface area contributed by atoms with Gasteiger partial charge in [-0.3, -0.25) is 4.57 Å². The predicted octanol–water partition coefficient (Wildman–Crippen LogP) is 2.86. The van der Waals surface area contributed by atoms with E-state index in [1.807, 2.05) is 23.8 Å². The third-order valence-electron chi connectivity index (χ3n) is 3.09. The summed E-state index contributed by atoms with van der Waals surface area (Å²) < 4.78 is 12.5. The molecule has 0 radical (unpaired) electrons. The van der Waals surface area contributed by atoms with Gasteiger partial charge in [0.1, 0.15) is 0 Å². The van der Waals surface area contributed by atoms with Crippen LogP contribution in [-0.2, 0) is 16.1 Å². The fraction of sp³-hybridized carbons (Fsp3) is 0.438. The van der Waals surface area contributed by atoms with Gasteiger partial charge in [0.05, 0.1) is 6.61 Å². The van der Waals surface area contributed by atoms with E-state index in [2.05, 4.69) is 28.5 Å². The zero-order chi connectivity index (χ0) is 14.9. The van der Waals surface area contributed by atoms with Gasteiger partial charge < -0.3 is 14.8 Å². The molecule has 0 spiro atoms. The zero-order valence-electron chi connectivity index (χ0n) is 12.7. The van der Waals surface area contributed by atoms with E-state index in [1.165, 1.54) is 0 Å². The summed E-state index contributed by atoms with van der Waals surface area (Å²) in [6, 6.07) is 8.25. The van der Waals surface area contributed by atoms with Gasteiger partial charge in [-0.15, -0.1) is 0 Å². The number of benzene rings is 1. The Morgan fingerprint density at radius 3 is 3.05 bits per heavy atom. The minimum atomic E-state index is 0.611. The van der Waals surface area contributed by atoms with E-state index in [0.29, 0.717) is 6.61 Å². The van der Waals surface area contributed by atoms with Gasteiger partial charge in [0.15, 0.2) is 0 Å². The maximum atomic E-state index is 5.33. The molecule has 0 bridgehead atoms. The standard InChI is InChI=1S/C16H23N3O2/c1-3-21-11-5-8-17-16-18-9-10-19(16)15-7-4-6-14(12-15)13-20-2/h4,6-7,9-10,12H,3,5,8,11,13H2,1-2H3,(H,17,18). The van der Waals surface area contributed by atoms with Crippen LogP contribution in [0.5, 0.6) is 0 Å². The second kappa shape index (κ2) is 8.44. The molecule has 0 saturated heterocycles. The molecule has 1 N–H and O–H groups in total. The highest BCUT2D eigenvalue weighted by Crippen LogP contribution is 2.16. The Bertz CT molecular complexity index is 540. The zero-order valence-corrected chi connectivity index (χ0v) is 12.7. The molecule has 0 aliphatic rings. The Labute approximate surface area is 125 Å². The smallest absolute Gasteiger partial charge is 0.207 e. The summed E-state index contributed by atoms with van der Waals surface area (Å²) in [7, 11) is 1.70. The summed E-state index contributed by atoms with van der Waals surface area (Å²) in [5, 5.41) is 3.34. The number of imidazole rings is 1. The van der Waals surface area contributed by atoms with Crippen LogP contribution < -0.4 is 5.32 Å². The molecular weight excluding hydrogens is 266 g/mol.